The van der Waals surface area contributed by atoms with Gasteiger partial charge in [0.1, 0.15) is 0 Å². The Bertz CT molecular complexity index is 1370. The molecule has 166 valence electrons. The zero-order valence-electron chi connectivity index (χ0n) is 16.4. The molecule has 0 aliphatic heterocycles. The Morgan fingerprint density at radius 2 is 1.91 bits per heavy atom. The average molecular weight is 464 g/mol. The van der Waals surface area contributed by atoms with Gasteiger partial charge in [0.15, 0.2) is 16.5 Å². The van der Waals surface area contributed by atoms with Crippen LogP contribution in [0.2, 0.25) is 0 Å². The number of hydrogen-bond acceptors (Lipinski definition) is 7. The minimum Gasteiger partial charge on any atom is -0.389 e. The van der Waals surface area contributed by atoms with Crippen LogP contribution in [0.25, 0.3) is 11.3 Å². The maximum absolute atomic E-state index is 13.3. The number of rotatable bonds is 5. The molecular weight excluding hydrogens is 449 g/mol. The van der Waals surface area contributed by atoms with Gasteiger partial charge in [0.05, 0.1) is 24.1 Å². The van der Waals surface area contributed by atoms with E-state index in [-0.39, 0.29) is 27.8 Å². The molecule has 4 aromatic rings. The average Bonchev–Trinajstić information content (AvgIpc) is 3.18. The molecule has 1 atom stereocenters. The van der Waals surface area contributed by atoms with Crippen LogP contribution in [0, 0.1) is 0 Å². The van der Waals surface area contributed by atoms with Gasteiger partial charge in [0.25, 0.3) is 11.1 Å². The van der Waals surface area contributed by atoms with Gasteiger partial charge >= 0.3 is 6.18 Å². The topological polar surface area (TPSA) is 118 Å². The van der Waals surface area contributed by atoms with E-state index >= 15 is 0 Å². The van der Waals surface area contributed by atoms with Crippen molar-refractivity contribution in [3.8, 4) is 5.82 Å². The summed E-state index contributed by atoms with van der Waals surface area (Å²) in [4.78, 5) is 31.1. The number of aromatic nitrogens is 6. The molecule has 0 radical (unpaired) electrons. The van der Waals surface area contributed by atoms with Crippen molar-refractivity contribution in [1.29, 1.82) is 0 Å². The Labute approximate surface area is 181 Å². The number of thioether (sulfide) groups is 1. The Morgan fingerprint density at radius 1 is 1.19 bits per heavy atom. The number of aliphatic hydroxyl groups excluding tert-OH is 1. The van der Waals surface area contributed by atoms with Crippen LogP contribution in [-0.4, -0.2) is 34.5 Å². The van der Waals surface area contributed by atoms with Crippen molar-refractivity contribution in [2.75, 3.05) is 0 Å². The van der Waals surface area contributed by atoms with Gasteiger partial charge in [-0.25, -0.2) is 9.55 Å². The second-order valence-corrected chi connectivity index (χ2v) is 7.73. The summed E-state index contributed by atoms with van der Waals surface area (Å²) in [6, 6.07) is 4.64. The Kier molecular flexibility index (Phi) is 5.60. The fraction of sp³-hybridized carbons (Fsp3) is 0.211. The lowest BCUT2D eigenvalue weighted by Gasteiger charge is -2.12. The lowest BCUT2D eigenvalue weighted by molar-refractivity contribution is -0.137. The van der Waals surface area contributed by atoms with Crippen molar-refractivity contribution in [3.05, 3.63) is 80.3 Å². The summed E-state index contributed by atoms with van der Waals surface area (Å²) >= 11 is 1.07. The molecule has 3 heterocycles. The normalized spacial score (nSPS) is 12.9. The molecule has 4 rings (SSSR count). The summed E-state index contributed by atoms with van der Waals surface area (Å²) in [5, 5.41) is 18.4. The fourth-order valence-corrected chi connectivity index (χ4v) is 3.88. The fourth-order valence-electron chi connectivity index (χ4n) is 2.95. The predicted molar refractivity (Wildman–Crippen MR) is 109 cm³/mol. The highest BCUT2D eigenvalue weighted by Crippen LogP contribution is 2.30. The molecule has 0 aliphatic carbocycles. The molecule has 9 nitrogen and oxygen atoms in total. The van der Waals surface area contributed by atoms with Crippen molar-refractivity contribution in [1.82, 2.24) is 29.4 Å². The summed E-state index contributed by atoms with van der Waals surface area (Å²) in [6.45, 7) is 1.48. The largest absolute Gasteiger partial charge is 0.416 e. The molecule has 0 saturated heterocycles. The number of H-pyrrole nitrogens is 1. The highest BCUT2D eigenvalue weighted by atomic mass is 32.2. The van der Waals surface area contributed by atoms with Crippen molar-refractivity contribution in [3.63, 3.8) is 0 Å². The van der Waals surface area contributed by atoms with Crippen LogP contribution in [0.5, 0.6) is 0 Å². The van der Waals surface area contributed by atoms with Gasteiger partial charge in [-0.1, -0.05) is 23.9 Å². The number of nitrogens with one attached hydrogen (secondary N) is 1. The first-order valence-electron chi connectivity index (χ1n) is 9.18. The van der Waals surface area contributed by atoms with E-state index in [2.05, 4.69) is 20.2 Å². The quantitative estimate of drug-likeness (QED) is 0.435. The van der Waals surface area contributed by atoms with E-state index in [1.165, 1.54) is 31.5 Å². The van der Waals surface area contributed by atoms with E-state index in [9.17, 15) is 27.9 Å². The zero-order valence-corrected chi connectivity index (χ0v) is 17.2. The minimum atomic E-state index is -4.43. The highest BCUT2D eigenvalue weighted by Gasteiger charge is 2.30. The van der Waals surface area contributed by atoms with Crippen LogP contribution in [0.15, 0.2) is 57.6 Å². The summed E-state index contributed by atoms with van der Waals surface area (Å²) in [7, 11) is 0. The first-order chi connectivity index (χ1) is 15.1. The molecule has 13 heteroatoms. The van der Waals surface area contributed by atoms with Gasteiger partial charge in [0, 0.05) is 17.5 Å². The third kappa shape index (κ3) is 4.16. The molecule has 32 heavy (non-hydrogen) atoms. The van der Waals surface area contributed by atoms with Gasteiger partial charge in [-0.3, -0.25) is 9.59 Å². The number of fused-ring (bicyclic) bond motifs is 1. The first kappa shape index (κ1) is 21.8. The smallest absolute Gasteiger partial charge is 0.389 e. The van der Waals surface area contributed by atoms with E-state index in [0.717, 1.165) is 39.3 Å². The van der Waals surface area contributed by atoms with Gasteiger partial charge in [-0.15, -0.1) is 9.73 Å². The Balaban J connectivity index is 1.77. The standard InChI is InChI=1S/C19H15F3N6O3S/c1-10(29)13-6-25-28-16(13)17(31)27(14-7-24-15(30)8-23-14)18(26-28)32-9-11-2-4-12(5-3-11)19(20,21)22/h2-8,10,29H,9H2,1H3,(H,24,30). The Hall–Kier alpha value is -3.45. The molecule has 1 unspecified atom stereocenters. The highest BCUT2D eigenvalue weighted by molar-refractivity contribution is 7.98. The minimum absolute atomic E-state index is 0.0341. The van der Waals surface area contributed by atoms with E-state index in [4.69, 9.17) is 0 Å². The van der Waals surface area contributed by atoms with Crippen LogP contribution < -0.4 is 11.1 Å². The summed E-state index contributed by atoms with van der Waals surface area (Å²) in [5.41, 5.74) is -0.940. The number of benzene rings is 1. The number of alkyl halides is 3. The van der Waals surface area contributed by atoms with Crippen LogP contribution >= 0.6 is 11.8 Å². The number of hydrogen-bond donors (Lipinski definition) is 2. The lowest BCUT2D eigenvalue weighted by Crippen LogP contribution is -2.27. The predicted octanol–water partition coefficient (Wildman–Crippen LogP) is 2.33. The van der Waals surface area contributed by atoms with Crippen molar-refractivity contribution < 1.29 is 18.3 Å². The van der Waals surface area contributed by atoms with Crippen LogP contribution in [0.1, 0.15) is 29.7 Å². The van der Waals surface area contributed by atoms with E-state index in [1.54, 1.807) is 0 Å². The number of aromatic amines is 1. The summed E-state index contributed by atoms with van der Waals surface area (Å²) in [6.07, 6.45) is -1.85. The van der Waals surface area contributed by atoms with Gasteiger partial charge in [0.2, 0.25) is 0 Å². The molecule has 2 N–H and O–H groups in total. The molecule has 0 saturated carbocycles. The van der Waals surface area contributed by atoms with Crippen molar-refractivity contribution in [2.45, 2.75) is 30.1 Å². The molecule has 0 bridgehead atoms. The third-order valence-corrected chi connectivity index (χ3v) is 5.54. The number of halogens is 3. The zero-order chi connectivity index (χ0) is 23.0. The molecule has 1 aromatic carbocycles. The van der Waals surface area contributed by atoms with E-state index in [0.29, 0.717) is 5.56 Å². The van der Waals surface area contributed by atoms with Crippen LogP contribution in [0.3, 0.4) is 0 Å². The van der Waals surface area contributed by atoms with Crippen molar-refractivity contribution in [2.24, 2.45) is 0 Å². The molecular formula is C19H15F3N6O3S. The van der Waals surface area contributed by atoms with E-state index in [1.807, 2.05) is 0 Å². The second-order valence-electron chi connectivity index (χ2n) is 6.79. The molecule has 0 amide bonds. The first-order valence-corrected chi connectivity index (χ1v) is 10.2. The van der Waals surface area contributed by atoms with Gasteiger partial charge in [-0.05, 0) is 24.6 Å². The van der Waals surface area contributed by atoms with Crippen molar-refractivity contribution >= 4 is 17.3 Å². The molecule has 0 fully saturated rings. The maximum atomic E-state index is 13.3. The van der Waals surface area contributed by atoms with Crippen LogP contribution in [-0.2, 0) is 11.9 Å². The summed E-state index contributed by atoms with van der Waals surface area (Å²) < 4.78 is 40.6. The lowest BCUT2D eigenvalue weighted by atomic mass is 10.1. The monoisotopic (exact) mass is 464 g/mol. The SMILES string of the molecule is CC(O)c1cnn2nc(SCc3ccc(C(F)(F)F)cc3)n(-c3c[nH]c(=O)cn3)c(=O)c12. The molecule has 0 aliphatic rings. The number of nitrogens with zero attached hydrogens (tertiary/aromatic N) is 5. The maximum Gasteiger partial charge on any atom is 0.416 e. The summed E-state index contributed by atoms with van der Waals surface area (Å²) in [5.74, 6) is 0.279. The van der Waals surface area contributed by atoms with E-state index < -0.39 is 29.0 Å². The molecule has 3 aromatic heterocycles. The second kappa shape index (κ2) is 8.24. The van der Waals surface area contributed by atoms with Gasteiger partial charge < -0.3 is 10.1 Å². The number of aliphatic hydroxyl groups is 1. The Morgan fingerprint density at radius 3 is 2.50 bits per heavy atom. The molecule has 0 spiro atoms. The van der Waals surface area contributed by atoms with Crippen LogP contribution in [0.4, 0.5) is 13.2 Å². The van der Waals surface area contributed by atoms with Gasteiger partial charge in [-0.2, -0.15) is 18.3 Å². The third-order valence-electron chi connectivity index (χ3n) is 4.54.